The Labute approximate surface area is 200 Å². The molecule has 3 heterocycles. The first-order chi connectivity index (χ1) is 16.1. The molecule has 1 aromatic heterocycles. The summed E-state index contributed by atoms with van der Waals surface area (Å²) in [5.74, 6) is 0.634. The number of hydrogen-bond donors (Lipinski definition) is 1. The highest BCUT2D eigenvalue weighted by Gasteiger charge is 2.34. The molecule has 0 spiro atoms. The molecule has 2 aliphatic heterocycles. The standard InChI is InChI=1S/C21H21N3O7S3/c1-33(26,27)18-4-2-3-5-19(18)34(28,29)24-8-6-13(7-9-24)20(25)23-21-22-14-10-15-16(31-12-30-15)11-17(14)32-21/h2-5,10-11,13H,6-9,12H2,1H3,(H,22,23,25). The van der Waals surface area contributed by atoms with E-state index < -0.39 is 19.9 Å². The second-order valence-corrected chi connectivity index (χ2v) is 13.0. The quantitative estimate of drug-likeness (QED) is 0.539. The molecule has 1 fully saturated rings. The number of sulfonamides is 1. The fourth-order valence-corrected chi connectivity index (χ4v) is 8.00. The van der Waals surface area contributed by atoms with Gasteiger partial charge in [0.05, 0.1) is 15.1 Å². The lowest BCUT2D eigenvalue weighted by Gasteiger charge is -2.30. The number of benzene rings is 2. The Kier molecular flexibility index (Phi) is 5.74. The van der Waals surface area contributed by atoms with Crippen molar-refractivity contribution in [3.63, 3.8) is 0 Å². The van der Waals surface area contributed by atoms with Gasteiger partial charge in [0.15, 0.2) is 26.5 Å². The SMILES string of the molecule is CS(=O)(=O)c1ccccc1S(=O)(=O)N1CCC(C(=O)Nc2nc3cc4c(cc3s2)OCO4)CC1. The lowest BCUT2D eigenvalue weighted by molar-refractivity contribution is -0.120. The van der Waals surface area contributed by atoms with Gasteiger partial charge < -0.3 is 14.8 Å². The van der Waals surface area contributed by atoms with Crippen LogP contribution < -0.4 is 14.8 Å². The van der Waals surface area contributed by atoms with Crippen LogP contribution in [0, 0.1) is 5.92 Å². The minimum atomic E-state index is -4.02. The third-order valence-corrected chi connectivity index (χ3v) is 9.98. The first-order valence-corrected chi connectivity index (χ1v) is 14.6. The van der Waals surface area contributed by atoms with E-state index in [0.717, 1.165) is 11.0 Å². The number of piperidine rings is 1. The van der Waals surface area contributed by atoms with E-state index >= 15 is 0 Å². The zero-order valence-corrected chi connectivity index (χ0v) is 20.5. The molecule has 34 heavy (non-hydrogen) atoms. The molecular formula is C21H21N3O7S3. The Hall–Kier alpha value is -2.74. The van der Waals surface area contributed by atoms with Gasteiger partial charge >= 0.3 is 0 Å². The van der Waals surface area contributed by atoms with Gasteiger partial charge in [-0.2, -0.15) is 4.31 Å². The van der Waals surface area contributed by atoms with Crippen molar-refractivity contribution in [1.82, 2.24) is 9.29 Å². The van der Waals surface area contributed by atoms with Crippen molar-refractivity contribution in [2.75, 3.05) is 31.5 Å². The van der Waals surface area contributed by atoms with Crippen molar-refractivity contribution >= 4 is 52.5 Å². The number of nitrogens with one attached hydrogen (secondary N) is 1. The molecule has 0 atom stereocenters. The summed E-state index contributed by atoms with van der Waals surface area (Å²) in [7, 11) is -7.74. The van der Waals surface area contributed by atoms with Crippen LogP contribution in [0.4, 0.5) is 5.13 Å². The van der Waals surface area contributed by atoms with Crippen molar-refractivity contribution in [2.45, 2.75) is 22.6 Å². The molecule has 1 saturated heterocycles. The molecular weight excluding hydrogens is 502 g/mol. The maximum Gasteiger partial charge on any atom is 0.244 e. The van der Waals surface area contributed by atoms with Crippen LogP contribution in [0.1, 0.15) is 12.8 Å². The average Bonchev–Trinajstić information content (AvgIpc) is 3.42. The summed E-state index contributed by atoms with van der Waals surface area (Å²) in [6.07, 6.45) is 1.60. The summed E-state index contributed by atoms with van der Waals surface area (Å²) in [6.45, 7) is 0.393. The number of hydrogen-bond acceptors (Lipinski definition) is 9. The van der Waals surface area contributed by atoms with E-state index in [9.17, 15) is 21.6 Å². The predicted octanol–water partition coefficient (Wildman–Crippen LogP) is 2.47. The number of amides is 1. The molecule has 2 aromatic carbocycles. The fourth-order valence-electron chi connectivity index (χ4n) is 4.05. The smallest absolute Gasteiger partial charge is 0.244 e. The van der Waals surface area contributed by atoms with Crippen molar-refractivity contribution in [3.8, 4) is 11.5 Å². The highest BCUT2D eigenvalue weighted by atomic mass is 32.2. The van der Waals surface area contributed by atoms with Crippen LogP contribution in [0.15, 0.2) is 46.2 Å². The maximum absolute atomic E-state index is 13.1. The Morgan fingerprint density at radius 1 is 1.06 bits per heavy atom. The number of thiazole rings is 1. The van der Waals surface area contributed by atoms with E-state index in [1.807, 2.05) is 6.07 Å². The number of carbonyl (C=O) groups is 1. The second kappa shape index (κ2) is 8.48. The summed E-state index contributed by atoms with van der Waals surface area (Å²) in [5, 5.41) is 3.28. The van der Waals surface area contributed by atoms with Crippen LogP contribution in [-0.4, -0.2) is 58.2 Å². The minimum Gasteiger partial charge on any atom is -0.454 e. The van der Waals surface area contributed by atoms with Gasteiger partial charge in [-0.05, 0) is 25.0 Å². The van der Waals surface area contributed by atoms with Gasteiger partial charge in [-0.1, -0.05) is 23.5 Å². The molecule has 180 valence electrons. The van der Waals surface area contributed by atoms with Crippen LogP contribution in [0.2, 0.25) is 0 Å². The second-order valence-electron chi connectivity index (χ2n) is 8.08. The summed E-state index contributed by atoms with van der Waals surface area (Å²) in [5.41, 5.74) is 0.690. The van der Waals surface area contributed by atoms with Gasteiger partial charge in [0.2, 0.25) is 22.7 Å². The van der Waals surface area contributed by atoms with Crippen molar-refractivity contribution in [3.05, 3.63) is 36.4 Å². The first-order valence-electron chi connectivity index (χ1n) is 10.4. The van der Waals surface area contributed by atoms with Crippen molar-refractivity contribution < 1.29 is 31.1 Å². The number of anilines is 1. The van der Waals surface area contributed by atoms with Gasteiger partial charge in [0, 0.05) is 37.4 Å². The van der Waals surface area contributed by atoms with Gasteiger partial charge in [0.1, 0.15) is 4.90 Å². The third kappa shape index (κ3) is 4.24. The summed E-state index contributed by atoms with van der Waals surface area (Å²) in [4.78, 5) is 16.8. The Morgan fingerprint density at radius 3 is 2.38 bits per heavy atom. The van der Waals surface area contributed by atoms with E-state index in [1.54, 1.807) is 6.07 Å². The van der Waals surface area contributed by atoms with Crippen LogP contribution in [-0.2, 0) is 24.7 Å². The Morgan fingerprint density at radius 2 is 1.71 bits per heavy atom. The van der Waals surface area contributed by atoms with Crippen molar-refractivity contribution in [2.24, 2.45) is 5.92 Å². The van der Waals surface area contributed by atoms with Gasteiger partial charge in [-0.3, -0.25) is 4.79 Å². The number of nitrogens with zero attached hydrogens (tertiary/aromatic N) is 2. The van der Waals surface area contributed by atoms with Crippen molar-refractivity contribution in [1.29, 1.82) is 0 Å². The summed E-state index contributed by atoms with van der Waals surface area (Å²) >= 11 is 1.32. The molecule has 2 aliphatic rings. The molecule has 0 unspecified atom stereocenters. The van der Waals surface area contributed by atoms with E-state index in [4.69, 9.17) is 9.47 Å². The number of fused-ring (bicyclic) bond motifs is 2. The normalized spacial score (nSPS) is 17.2. The average molecular weight is 524 g/mol. The predicted molar refractivity (Wildman–Crippen MR) is 125 cm³/mol. The molecule has 10 nitrogen and oxygen atoms in total. The number of carbonyl (C=O) groups excluding carboxylic acids is 1. The molecule has 0 radical (unpaired) electrons. The summed E-state index contributed by atoms with van der Waals surface area (Å²) < 4.78 is 63.2. The highest BCUT2D eigenvalue weighted by Crippen LogP contribution is 2.39. The van der Waals surface area contributed by atoms with Gasteiger partial charge in [-0.15, -0.1) is 0 Å². The van der Waals surface area contributed by atoms with Crippen LogP contribution in [0.3, 0.4) is 0 Å². The molecule has 3 aromatic rings. The van der Waals surface area contributed by atoms with E-state index in [-0.39, 0.29) is 41.5 Å². The molecule has 0 saturated carbocycles. The first kappa shape index (κ1) is 23.0. The maximum atomic E-state index is 13.1. The molecule has 0 aliphatic carbocycles. The highest BCUT2D eigenvalue weighted by molar-refractivity contribution is 7.93. The lowest BCUT2D eigenvalue weighted by atomic mass is 9.97. The molecule has 5 rings (SSSR count). The molecule has 1 amide bonds. The lowest BCUT2D eigenvalue weighted by Crippen LogP contribution is -2.41. The zero-order chi connectivity index (χ0) is 24.1. The van der Waals surface area contributed by atoms with Gasteiger partial charge in [0.25, 0.3) is 0 Å². The largest absolute Gasteiger partial charge is 0.454 e. The van der Waals surface area contributed by atoms with E-state index in [1.165, 1.54) is 39.9 Å². The number of ether oxygens (including phenoxy) is 2. The molecule has 1 N–H and O–H groups in total. The van der Waals surface area contributed by atoms with E-state index in [0.29, 0.717) is 35.0 Å². The molecule has 0 bridgehead atoms. The van der Waals surface area contributed by atoms with Crippen LogP contribution in [0.25, 0.3) is 10.2 Å². The summed E-state index contributed by atoms with van der Waals surface area (Å²) in [6, 6.07) is 9.15. The Bertz CT molecular complexity index is 1450. The van der Waals surface area contributed by atoms with Crippen LogP contribution >= 0.6 is 11.3 Å². The number of sulfone groups is 1. The van der Waals surface area contributed by atoms with Crippen LogP contribution in [0.5, 0.6) is 11.5 Å². The zero-order valence-electron chi connectivity index (χ0n) is 18.1. The number of rotatable bonds is 5. The third-order valence-electron chi connectivity index (χ3n) is 5.80. The Balaban J connectivity index is 1.26. The monoisotopic (exact) mass is 523 g/mol. The van der Waals surface area contributed by atoms with E-state index in [2.05, 4.69) is 10.3 Å². The number of aromatic nitrogens is 1. The minimum absolute atomic E-state index is 0.111. The fraction of sp³-hybridized carbons (Fsp3) is 0.333. The molecule has 13 heteroatoms. The topological polar surface area (TPSA) is 132 Å². The van der Waals surface area contributed by atoms with Gasteiger partial charge in [-0.25, -0.2) is 21.8 Å².